The SMILES string of the molecule is c1cn(CCNC(C2CC2)C2CC2)nn1. The molecule has 0 radical (unpaired) electrons. The minimum atomic E-state index is 0.800. The molecule has 0 unspecified atom stereocenters. The molecule has 0 atom stereocenters. The van der Waals surface area contributed by atoms with E-state index in [9.17, 15) is 0 Å². The molecule has 2 fully saturated rings. The number of hydrogen-bond donors (Lipinski definition) is 1. The molecule has 0 saturated heterocycles. The van der Waals surface area contributed by atoms with E-state index in [-0.39, 0.29) is 0 Å². The van der Waals surface area contributed by atoms with E-state index >= 15 is 0 Å². The fourth-order valence-electron chi connectivity index (χ4n) is 2.33. The summed E-state index contributed by atoms with van der Waals surface area (Å²) in [6, 6.07) is 0.800. The largest absolute Gasteiger partial charge is 0.312 e. The smallest absolute Gasteiger partial charge is 0.0692 e. The molecular weight excluding hydrogens is 188 g/mol. The van der Waals surface area contributed by atoms with Crippen molar-refractivity contribution in [2.75, 3.05) is 6.54 Å². The second kappa shape index (κ2) is 3.93. The van der Waals surface area contributed by atoms with Crippen LogP contribution in [0.4, 0.5) is 0 Å². The minimum absolute atomic E-state index is 0.800. The van der Waals surface area contributed by atoms with Gasteiger partial charge in [-0.1, -0.05) is 5.21 Å². The van der Waals surface area contributed by atoms with Gasteiger partial charge < -0.3 is 5.32 Å². The Hall–Kier alpha value is -0.900. The first-order chi connectivity index (χ1) is 7.43. The van der Waals surface area contributed by atoms with Crippen LogP contribution in [0, 0.1) is 11.8 Å². The van der Waals surface area contributed by atoms with Gasteiger partial charge in [0.05, 0.1) is 12.7 Å². The molecule has 4 nitrogen and oxygen atoms in total. The van der Waals surface area contributed by atoms with E-state index in [4.69, 9.17) is 0 Å². The standard InChI is InChI=1S/C11H18N4/c1-2-9(1)11(10-3-4-10)12-5-7-15-8-6-13-14-15/h6,8-12H,1-5,7H2. The van der Waals surface area contributed by atoms with Gasteiger partial charge in [0.15, 0.2) is 0 Å². The van der Waals surface area contributed by atoms with Gasteiger partial charge in [-0.25, -0.2) is 0 Å². The molecule has 1 aromatic heterocycles. The molecule has 2 aliphatic carbocycles. The molecule has 0 amide bonds. The first kappa shape index (κ1) is 9.33. The Kier molecular flexibility index (Phi) is 2.44. The fourth-order valence-corrected chi connectivity index (χ4v) is 2.33. The molecule has 3 rings (SSSR count). The first-order valence-corrected chi connectivity index (χ1v) is 6.01. The summed E-state index contributed by atoms with van der Waals surface area (Å²) >= 11 is 0. The third kappa shape index (κ3) is 2.37. The van der Waals surface area contributed by atoms with E-state index in [1.54, 1.807) is 6.20 Å². The van der Waals surface area contributed by atoms with Crippen LogP contribution in [-0.4, -0.2) is 27.6 Å². The van der Waals surface area contributed by atoms with Crippen LogP contribution in [0.2, 0.25) is 0 Å². The van der Waals surface area contributed by atoms with Crippen molar-refractivity contribution in [3.8, 4) is 0 Å². The van der Waals surface area contributed by atoms with Crippen LogP contribution in [0.25, 0.3) is 0 Å². The summed E-state index contributed by atoms with van der Waals surface area (Å²) in [6.45, 7) is 1.97. The van der Waals surface area contributed by atoms with Gasteiger partial charge in [-0.05, 0) is 37.5 Å². The summed E-state index contributed by atoms with van der Waals surface area (Å²) in [4.78, 5) is 0. The summed E-state index contributed by atoms with van der Waals surface area (Å²) in [5.41, 5.74) is 0. The number of nitrogens with one attached hydrogen (secondary N) is 1. The highest BCUT2D eigenvalue weighted by Gasteiger charge is 2.40. The Morgan fingerprint density at radius 1 is 1.27 bits per heavy atom. The van der Waals surface area contributed by atoms with Gasteiger partial charge in [0.25, 0.3) is 0 Å². The van der Waals surface area contributed by atoms with Crippen LogP contribution >= 0.6 is 0 Å². The Morgan fingerprint density at radius 3 is 2.53 bits per heavy atom. The van der Waals surface area contributed by atoms with Crippen LogP contribution in [0.15, 0.2) is 12.4 Å². The van der Waals surface area contributed by atoms with Crippen LogP contribution in [-0.2, 0) is 6.54 Å². The van der Waals surface area contributed by atoms with Crippen molar-refractivity contribution in [2.24, 2.45) is 11.8 Å². The second-order valence-electron chi connectivity index (χ2n) is 4.82. The fraction of sp³-hybridized carbons (Fsp3) is 0.818. The van der Waals surface area contributed by atoms with E-state index in [2.05, 4.69) is 15.6 Å². The van der Waals surface area contributed by atoms with E-state index in [0.29, 0.717) is 0 Å². The lowest BCUT2D eigenvalue weighted by Gasteiger charge is -2.17. The summed E-state index contributed by atoms with van der Waals surface area (Å²) < 4.78 is 1.89. The highest BCUT2D eigenvalue weighted by molar-refractivity contribution is 4.96. The van der Waals surface area contributed by atoms with Crippen molar-refractivity contribution in [3.05, 3.63) is 12.4 Å². The predicted octanol–water partition coefficient (Wildman–Crippen LogP) is 1.06. The lowest BCUT2D eigenvalue weighted by atomic mass is 10.1. The quantitative estimate of drug-likeness (QED) is 0.756. The lowest BCUT2D eigenvalue weighted by molar-refractivity contribution is 0.399. The summed E-state index contributed by atoms with van der Waals surface area (Å²) in [7, 11) is 0. The van der Waals surface area contributed by atoms with E-state index < -0.39 is 0 Å². The van der Waals surface area contributed by atoms with Crippen LogP contribution in [0.5, 0.6) is 0 Å². The third-order valence-electron chi connectivity index (χ3n) is 3.45. The molecule has 0 bridgehead atoms. The van der Waals surface area contributed by atoms with E-state index in [0.717, 1.165) is 31.0 Å². The average Bonchev–Trinajstić information content (AvgIpc) is 3.15. The minimum Gasteiger partial charge on any atom is -0.312 e. The molecular formula is C11H18N4. The van der Waals surface area contributed by atoms with Crippen LogP contribution in [0.1, 0.15) is 25.7 Å². The zero-order chi connectivity index (χ0) is 10.1. The zero-order valence-electron chi connectivity index (χ0n) is 8.97. The van der Waals surface area contributed by atoms with Gasteiger partial charge >= 0.3 is 0 Å². The Balaban J connectivity index is 1.44. The maximum Gasteiger partial charge on any atom is 0.0692 e. The topological polar surface area (TPSA) is 42.7 Å². The first-order valence-electron chi connectivity index (χ1n) is 6.01. The highest BCUT2D eigenvalue weighted by atomic mass is 15.4. The molecule has 4 heteroatoms. The number of aromatic nitrogens is 3. The van der Waals surface area contributed by atoms with Crippen molar-refractivity contribution < 1.29 is 0 Å². The molecule has 0 spiro atoms. The molecule has 1 heterocycles. The van der Waals surface area contributed by atoms with Crippen molar-refractivity contribution in [2.45, 2.75) is 38.3 Å². The zero-order valence-corrected chi connectivity index (χ0v) is 8.97. The number of nitrogens with zero attached hydrogens (tertiary/aromatic N) is 3. The molecule has 2 saturated carbocycles. The Labute approximate surface area is 90.0 Å². The van der Waals surface area contributed by atoms with Gasteiger partial charge in [0.1, 0.15) is 0 Å². The molecule has 82 valence electrons. The maximum absolute atomic E-state index is 3.96. The highest BCUT2D eigenvalue weighted by Crippen LogP contribution is 2.44. The molecule has 1 N–H and O–H groups in total. The molecule has 0 aliphatic heterocycles. The van der Waals surface area contributed by atoms with Gasteiger partial charge in [-0.2, -0.15) is 0 Å². The van der Waals surface area contributed by atoms with Crippen LogP contribution < -0.4 is 5.32 Å². The summed E-state index contributed by atoms with van der Waals surface area (Å²) in [5.74, 6) is 1.96. The average molecular weight is 206 g/mol. The van der Waals surface area contributed by atoms with Crippen molar-refractivity contribution >= 4 is 0 Å². The Bertz CT molecular complexity index is 288. The number of rotatable bonds is 6. The van der Waals surface area contributed by atoms with E-state index in [1.165, 1.54) is 25.7 Å². The van der Waals surface area contributed by atoms with Crippen molar-refractivity contribution in [1.82, 2.24) is 20.3 Å². The van der Waals surface area contributed by atoms with Gasteiger partial charge in [-0.3, -0.25) is 4.68 Å². The van der Waals surface area contributed by atoms with Gasteiger partial charge in [0, 0.05) is 18.8 Å². The van der Waals surface area contributed by atoms with Crippen molar-refractivity contribution in [1.29, 1.82) is 0 Å². The van der Waals surface area contributed by atoms with Crippen molar-refractivity contribution in [3.63, 3.8) is 0 Å². The van der Waals surface area contributed by atoms with Gasteiger partial charge in [-0.15, -0.1) is 5.10 Å². The molecule has 0 aromatic carbocycles. The third-order valence-corrected chi connectivity index (χ3v) is 3.45. The normalized spacial score (nSPS) is 21.1. The van der Waals surface area contributed by atoms with Crippen LogP contribution in [0.3, 0.4) is 0 Å². The number of hydrogen-bond acceptors (Lipinski definition) is 3. The summed E-state index contributed by atoms with van der Waals surface area (Å²) in [6.07, 6.45) is 9.42. The van der Waals surface area contributed by atoms with Gasteiger partial charge in [0.2, 0.25) is 0 Å². The molecule has 15 heavy (non-hydrogen) atoms. The molecule has 1 aromatic rings. The van der Waals surface area contributed by atoms with E-state index in [1.807, 2.05) is 10.9 Å². The summed E-state index contributed by atoms with van der Waals surface area (Å²) in [5, 5.41) is 11.5. The maximum atomic E-state index is 3.96. The predicted molar refractivity (Wildman–Crippen MR) is 57.3 cm³/mol. The second-order valence-corrected chi connectivity index (χ2v) is 4.82. The Morgan fingerprint density at radius 2 is 2.00 bits per heavy atom. The monoisotopic (exact) mass is 206 g/mol. The lowest BCUT2D eigenvalue weighted by Crippen LogP contribution is -2.35. The molecule has 2 aliphatic rings.